The normalized spacial score (nSPS) is 12.7. The zero-order chi connectivity index (χ0) is 11.1. The second kappa shape index (κ2) is 5.97. The van der Waals surface area contributed by atoms with E-state index in [2.05, 4.69) is 31.6 Å². The van der Waals surface area contributed by atoms with Gasteiger partial charge in [-0.3, -0.25) is 4.99 Å². The number of hydrogen-bond donors (Lipinski definition) is 0. The second-order valence-electron chi connectivity index (χ2n) is 3.44. The van der Waals surface area contributed by atoms with E-state index in [4.69, 9.17) is 0 Å². The Bertz CT molecular complexity index is 372. The Labute approximate surface area is 91.9 Å². The molecule has 15 heavy (non-hydrogen) atoms. The maximum atomic E-state index is 4.03. The van der Waals surface area contributed by atoms with Crippen molar-refractivity contribution in [2.75, 3.05) is 0 Å². The van der Waals surface area contributed by atoms with Crippen LogP contribution in [0.3, 0.4) is 0 Å². The number of allylic oxidation sites excluding steroid dienone is 3. The minimum atomic E-state index is 0.920. The topological polar surface area (TPSA) is 12.4 Å². The third-order valence-electron chi connectivity index (χ3n) is 2.32. The van der Waals surface area contributed by atoms with E-state index in [9.17, 15) is 0 Å². The number of rotatable bonds is 4. The molecule has 0 saturated carbocycles. The molecule has 0 atom stereocenters. The Morgan fingerprint density at radius 1 is 1.27 bits per heavy atom. The Balaban J connectivity index is 2.95. The van der Waals surface area contributed by atoms with E-state index in [1.807, 2.05) is 36.4 Å². The van der Waals surface area contributed by atoms with E-state index in [0.717, 1.165) is 17.7 Å². The second-order valence-corrected chi connectivity index (χ2v) is 3.44. The van der Waals surface area contributed by atoms with Crippen LogP contribution in [-0.4, -0.2) is 6.72 Å². The van der Waals surface area contributed by atoms with Crippen molar-refractivity contribution in [3.05, 3.63) is 53.6 Å². The third-order valence-corrected chi connectivity index (χ3v) is 2.32. The molecular formula is C14H17N. The van der Waals surface area contributed by atoms with Gasteiger partial charge >= 0.3 is 0 Å². The molecule has 1 nitrogen and oxygen atoms in total. The van der Waals surface area contributed by atoms with Crippen molar-refractivity contribution in [1.29, 1.82) is 0 Å². The first-order chi connectivity index (χ1) is 7.27. The number of aliphatic imine (C=N–C) groups is 1. The molecule has 0 fully saturated rings. The summed E-state index contributed by atoms with van der Waals surface area (Å²) in [5.74, 6) is 0. The molecule has 0 N–H and O–H groups in total. The van der Waals surface area contributed by atoms with E-state index in [0.29, 0.717) is 0 Å². The molecule has 0 aliphatic carbocycles. The van der Waals surface area contributed by atoms with Gasteiger partial charge in [0.05, 0.1) is 5.70 Å². The van der Waals surface area contributed by atoms with Crippen molar-refractivity contribution in [3.8, 4) is 0 Å². The molecule has 0 unspecified atom stereocenters. The van der Waals surface area contributed by atoms with Crippen LogP contribution in [0.5, 0.6) is 0 Å². The van der Waals surface area contributed by atoms with Gasteiger partial charge in [0.15, 0.2) is 0 Å². The molecule has 0 bridgehead atoms. The van der Waals surface area contributed by atoms with Crippen molar-refractivity contribution in [2.24, 2.45) is 4.99 Å². The van der Waals surface area contributed by atoms with Crippen LogP contribution in [0.4, 0.5) is 0 Å². The summed E-state index contributed by atoms with van der Waals surface area (Å²) in [5.41, 5.74) is 3.36. The molecule has 0 saturated heterocycles. The molecule has 0 aliphatic rings. The van der Waals surface area contributed by atoms with Crippen molar-refractivity contribution in [1.82, 2.24) is 0 Å². The average molecular weight is 199 g/mol. The van der Waals surface area contributed by atoms with E-state index >= 15 is 0 Å². The fraction of sp³-hybridized carbons (Fsp3) is 0.214. The van der Waals surface area contributed by atoms with Crippen LogP contribution in [0.25, 0.3) is 5.70 Å². The van der Waals surface area contributed by atoms with Crippen LogP contribution in [0, 0.1) is 0 Å². The Morgan fingerprint density at radius 3 is 2.47 bits per heavy atom. The van der Waals surface area contributed by atoms with Crippen LogP contribution in [0.1, 0.15) is 25.8 Å². The highest BCUT2D eigenvalue weighted by atomic mass is 14.7. The summed E-state index contributed by atoms with van der Waals surface area (Å²) >= 11 is 0. The predicted molar refractivity (Wildman–Crippen MR) is 68.0 cm³/mol. The Kier molecular flexibility index (Phi) is 4.55. The van der Waals surface area contributed by atoms with Gasteiger partial charge in [-0.1, -0.05) is 48.9 Å². The molecule has 0 amide bonds. The van der Waals surface area contributed by atoms with Crippen molar-refractivity contribution in [2.45, 2.75) is 20.3 Å². The van der Waals surface area contributed by atoms with Gasteiger partial charge in [-0.2, -0.15) is 0 Å². The van der Waals surface area contributed by atoms with Crippen LogP contribution < -0.4 is 0 Å². The van der Waals surface area contributed by atoms with Gasteiger partial charge in [-0.15, -0.1) is 0 Å². The van der Waals surface area contributed by atoms with Gasteiger partial charge in [-0.25, -0.2) is 0 Å². The quantitative estimate of drug-likeness (QED) is 0.511. The summed E-state index contributed by atoms with van der Waals surface area (Å²) in [5, 5.41) is 0. The summed E-state index contributed by atoms with van der Waals surface area (Å²) in [4.78, 5) is 4.03. The van der Waals surface area contributed by atoms with E-state index in [-0.39, 0.29) is 0 Å². The fourth-order valence-corrected chi connectivity index (χ4v) is 1.19. The Hall–Kier alpha value is -1.63. The van der Waals surface area contributed by atoms with Gasteiger partial charge in [-0.05, 0) is 26.1 Å². The molecule has 0 radical (unpaired) electrons. The SMILES string of the molecule is C=N/C(=C\C=C(/C)CC)c1ccccc1. The fourth-order valence-electron chi connectivity index (χ4n) is 1.19. The lowest BCUT2D eigenvalue weighted by Gasteiger charge is -1.99. The van der Waals surface area contributed by atoms with E-state index in [1.165, 1.54) is 5.57 Å². The lowest BCUT2D eigenvalue weighted by Crippen LogP contribution is -1.79. The zero-order valence-corrected chi connectivity index (χ0v) is 9.40. The number of nitrogens with zero attached hydrogens (tertiary/aromatic N) is 1. The van der Waals surface area contributed by atoms with Gasteiger partial charge in [0.1, 0.15) is 0 Å². The first-order valence-electron chi connectivity index (χ1n) is 5.17. The molecule has 0 aromatic heterocycles. The largest absolute Gasteiger partial charge is 0.264 e. The molecule has 1 rings (SSSR count). The minimum absolute atomic E-state index is 0.920. The highest BCUT2D eigenvalue weighted by molar-refractivity contribution is 5.69. The smallest absolute Gasteiger partial charge is 0.0694 e. The van der Waals surface area contributed by atoms with Crippen molar-refractivity contribution >= 4 is 12.4 Å². The third kappa shape index (κ3) is 3.55. The number of benzene rings is 1. The van der Waals surface area contributed by atoms with E-state index < -0.39 is 0 Å². The van der Waals surface area contributed by atoms with Crippen LogP contribution >= 0.6 is 0 Å². The highest BCUT2D eigenvalue weighted by Gasteiger charge is 1.95. The molecule has 1 heteroatoms. The zero-order valence-electron chi connectivity index (χ0n) is 9.40. The summed E-state index contributed by atoms with van der Waals surface area (Å²) < 4.78 is 0. The van der Waals surface area contributed by atoms with Crippen molar-refractivity contribution < 1.29 is 0 Å². The molecule has 0 aliphatic heterocycles. The summed E-state index contributed by atoms with van der Waals surface area (Å²) in [6, 6.07) is 10.1. The van der Waals surface area contributed by atoms with Gasteiger partial charge in [0, 0.05) is 5.56 Å². The average Bonchev–Trinajstić information content (AvgIpc) is 2.31. The first kappa shape index (κ1) is 11.4. The first-order valence-corrected chi connectivity index (χ1v) is 5.17. The molecule has 0 spiro atoms. The standard InChI is InChI=1S/C14H17N/c1-4-12(2)10-11-14(15-3)13-8-6-5-7-9-13/h5-11H,3-4H2,1-2H3/b12-10+,14-11-. The van der Waals surface area contributed by atoms with Gasteiger partial charge < -0.3 is 0 Å². The summed E-state index contributed by atoms with van der Waals surface area (Å²) in [6.45, 7) is 7.85. The van der Waals surface area contributed by atoms with Crippen LogP contribution in [0.2, 0.25) is 0 Å². The summed E-state index contributed by atoms with van der Waals surface area (Å²) in [6.07, 6.45) is 5.17. The lowest BCUT2D eigenvalue weighted by molar-refractivity contribution is 1.10. The highest BCUT2D eigenvalue weighted by Crippen LogP contribution is 2.15. The van der Waals surface area contributed by atoms with Crippen molar-refractivity contribution in [3.63, 3.8) is 0 Å². The maximum absolute atomic E-state index is 4.03. The lowest BCUT2D eigenvalue weighted by atomic mass is 10.1. The monoisotopic (exact) mass is 199 g/mol. The van der Waals surface area contributed by atoms with Crippen LogP contribution in [-0.2, 0) is 0 Å². The molecule has 78 valence electrons. The molecule has 1 aromatic rings. The number of hydrogen-bond acceptors (Lipinski definition) is 1. The molecule has 1 aromatic carbocycles. The van der Waals surface area contributed by atoms with Gasteiger partial charge in [0.2, 0.25) is 0 Å². The van der Waals surface area contributed by atoms with Crippen LogP contribution in [0.15, 0.2) is 53.0 Å². The molecular weight excluding hydrogens is 182 g/mol. The maximum Gasteiger partial charge on any atom is 0.0694 e. The Morgan fingerprint density at radius 2 is 1.93 bits per heavy atom. The predicted octanol–water partition coefficient (Wildman–Crippen LogP) is 4.08. The minimum Gasteiger partial charge on any atom is -0.264 e. The summed E-state index contributed by atoms with van der Waals surface area (Å²) in [7, 11) is 0. The van der Waals surface area contributed by atoms with Gasteiger partial charge in [0.25, 0.3) is 0 Å². The molecule has 0 heterocycles. The van der Waals surface area contributed by atoms with E-state index in [1.54, 1.807) is 0 Å².